The number of fused-ring (bicyclic) bond motifs is 1. The number of benzene rings is 1. The van der Waals surface area contributed by atoms with Crippen molar-refractivity contribution in [2.75, 3.05) is 7.11 Å². The number of rotatable bonds is 7. The second kappa shape index (κ2) is 7.16. The van der Waals surface area contributed by atoms with Crippen molar-refractivity contribution in [3.05, 3.63) is 35.5 Å². The zero-order valence-corrected chi connectivity index (χ0v) is 13.4. The predicted molar refractivity (Wildman–Crippen MR) is 89.4 cm³/mol. The van der Waals surface area contributed by atoms with Crippen molar-refractivity contribution in [1.82, 2.24) is 4.57 Å². The van der Waals surface area contributed by atoms with Crippen LogP contribution in [0.25, 0.3) is 17.0 Å². The van der Waals surface area contributed by atoms with Gasteiger partial charge in [0, 0.05) is 30.3 Å². The number of ether oxygens (including phenoxy) is 1. The summed E-state index contributed by atoms with van der Waals surface area (Å²) in [6.07, 6.45) is 7.30. The first-order valence-electron chi connectivity index (χ1n) is 7.64. The van der Waals surface area contributed by atoms with Gasteiger partial charge in [-0.25, -0.2) is 4.79 Å². The molecule has 1 aromatic carbocycles. The summed E-state index contributed by atoms with van der Waals surface area (Å²) in [5, 5.41) is 10.1. The Balaban J connectivity index is 2.54. The van der Waals surface area contributed by atoms with E-state index in [1.807, 2.05) is 23.7 Å². The molecule has 0 saturated carbocycles. The summed E-state index contributed by atoms with van der Waals surface area (Å²) in [7, 11) is 3.62. The third kappa shape index (κ3) is 3.32. The second-order valence-electron chi connectivity index (χ2n) is 5.43. The normalized spacial score (nSPS) is 11.4. The van der Waals surface area contributed by atoms with E-state index in [1.54, 1.807) is 13.2 Å². The fourth-order valence-electron chi connectivity index (χ4n) is 2.82. The monoisotopic (exact) mass is 301 g/mol. The minimum absolute atomic E-state index is 0.807. The Kier molecular flexibility index (Phi) is 5.26. The van der Waals surface area contributed by atoms with Crippen molar-refractivity contribution in [1.29, 1.82) is 0 Å². The number of unbranched alkanes of at least 4 members (excludes halogenated alkanes) is 2. The van der Waals surface area contributed by atoms with Crippen molar-refractivity contribution in [2.24, 2.45) is 7.05 Å². The third-order valence-corrected chi connectivity index (χ3v) is 3.98. The van der Waals surface area contributed by atoms with E-state index in [0.717, 1.165) is 29.8 Å². The maximum atomic E-state index is 10.9. The van der Waals surface area contributed by atoms with Gasteiger partial charge in [0.05, 0.1) is 12.6 Å². The van der Waals surface area contributed by atoms with E-state index >= 15 is 0 Å². The van der Waals surface area contributed by atoms with Gasteiger partial charge in [0.15, 0.2) is 0 Å². The summed E-state index contributed by atoms with van der Waals surface area (Å²) < 4.78 is 7.34. The molecule has 0 aliphatic carbocycles. The number of carbonyl (C=O) groups is 1. The molecule has 118 valence electrons. The smallest absolute Gasteiger partial charge is 0.328 e. The van der Waals surface area contributed by atoms with E-state index in [0.29, 0.717) is 0 Å². The average Bonchev–Trinajstić information content (AvgIpc) is 2.77. The van der Waals surface area contributed by atoms with Crippen LogP contribution in [0.3, 0.4) is 0 Å². The van der Waals surface area contributed by atoms with Crippen LogP contribution in [0, 0.1) is 0 Å². The van der Waals surface area contributed by atoms with E-state index in [4.69, 9.17) is 9.84 Å². The number of carboxylic acid groups (broad SMARTS) is 1. The molecule has 2 aromatic rings. The van der Waals surface area contributed by atoms with Crippen LogP contribution in [0.4, 0.5) is 0 Å². The lowest BCUT2D eigenvalue weighted by atomic mass is 10.0. The zero-order chi connectivity index (χ0) is 16.1. The van der Waals surface area contributed by atoms with Crippen molar-refractivity contribution in [3.63, 3.8) is 0 Å². The van der Waals surface area contributed by atoms with Gasteiger partial charge < -0.3 is 14.4 Å². The Morgan fingerprint density at radius 1 is 1.36 bits per heavy atom. The van der Waals surface area contributed by atoms with Crippen LogP contribution in [-0.4, -0.2) is 22.8 Å². The fraction of sp³-hybridized carbons (Fsp3) is 0.389. The first-order chi connectivity index (χ1) is 10.6. The lowest BCUT2D eigenvalue weighted by Crippen LogP contribution is -1.95. The van der Waals surface area contributed by atoms with Crippen LogP contribution in [0.2, 0.25) is 0 Å². The van der Waals surface area contributed by atoms with Crippen molar-refractivity contribution in [3.8, 4) is 5.75 Å². The fourth-order valence-corrected chi connectivity index (χ4v) is 2.82. The van der Waals surface area contributed by atoms with Gasteiger partial charge in [-0.3, -0.25) is 0 Å². The van der Waals surface area contributed by atoms with Crippen LogP contribution in [0.5, 0.6) is 5.75 Å². The minimum Gasteiger partial charge on any atom is -0.497 e. The second-order valence-corrected chi connectivity index (χ2v) is 5.43. The molecule has 1 aromatic heterocycles. The van der Waals surface area contributed by atoms with E-state index in [2.05, 4.69) is 13.0 Å². The number of carboxylic acids is 1. The summed E-state index contributed by atoms with van der Waals surface area (Å²) in [5.41, 5.74) is 3.24. The Bertz CT molecular complexity index is 698. The first-order valence-corrected chi connectivity index (χ1v) is 7.64. The van der Waals surface area contributed by atoms with E-state index in [1.165, 1.54) is 29.9 Å². The lowest BCUT2D eigenvalue weighted by molar-refractivity contribution is -0.131. The molecule has 0 saturated heterocycles. The molecule has 0 bridgehead atoms. The van der Waals surface area contributed by atoms with Gasteiger partial charge in [0.2, 0.25) is 0 Å². The molecule has 0 fully saturated rings. The van der Waals surface area contributed by atoms with Crippen LogP contribution < -0.4 is 4.74 Å². The summed E-state index contributed by atoms with van der Waals surface area (Å²) in [6.45, 7) is 2.18. The van der Waals surface area contributed by atoms with Gasteiger partial charge in [-0.15, -0.1) is 0 Å². The molecule has 22 heavy (non-hydrogen) atoms. The average molecular weight is 301 g/mol. The number of aromatic nitrogens is 1. The van der Waals surface area contributed by atoms with Gasteiger partial charge >= 0.3 is 5.97 Å². The van der Waals surface area contributed by atoms with Gasteiger partial charge in [-0.05, 0) is 36.6 Å². The number of hydrogen-bond acceptors (Lipinski definition) is 2. The highest BCUT2D eigenvalue weighted by atomic mass is 16.5. The molecule has 1 heterocycles. The summed E-state index contributed by atoms with van der Waals surface area (Å²) in [5.74, 6) is -0.121. The standard InChI is InChI=1S/C18H23NO3/c1-4-5-6-7-14-15-9-8-13(22-3)12-17(15)19(2)16(14)10-11-18(20)21/h8-12H,4-7H2,1-3H3,(H,20,21)/b11-10+. The quantitative estimate of drug-likeness (QED) is 0.621. The number of hydrogen-bond donors (Lipinski definition) is 1. The number of aliphatic carboxylic acids is 1. The maximum absolute atomic E-state index is 10.9. The Hall–Kier alpha value is -2.23. The summed E-state index contributed by atoms with van der Waals surface area (Å²) in [4.78, 5) is 10.9. The van der Waals surface area contributed by atoms with Crippen LogP contribution in [-0.2, 0) is 18.3 Å². The van der Waals surface area contributed by atoms with Crippen LogP contribution in [0.15, 0.2) is 24.3 Å². The Morgan fingerprint density at radius 2 is 2.14 bits per heavy atom. The van der Waals surface area contributed by atoms with Gasteiger partial charge in [-0.2, -0.15) is 0 Å². The summed E-state index contributed by atoms with van der Waals surface area (Å²) >= 11 is 0. The van der Waals surface area contributed by atoms with Gasteiger partial charge in [-0.1, -0.05) is 19.8 Å². The number of nitrogens with zero attached hydrogens (tertiary/aromatic N) is 1. The SMILES string of the molecule is CCCCCc1c(/C=C/C(=O)O)n(C)c2cc(OC)ccc12. The largest absolute Gasteiger partial charge is 0.497 e. The molecule has 0 aliphatic rings. The van der Waals surface area contributed by atoms with Gasteiger partial charge in [0.1, 0.15) is 5.75 Å². The Morgan fingerprint density at radius 3 is 2.77 bits per heavy atom. The van der Waals surface area contributed by atoms with Gasteiger partial charge in [0.25, 0.3) is 0 Å². The van der Waals surface area contributed by atoms with E-state index in [9.17, 15) is 4.79 Å². The molecule has 0 spiro atoms. The number of aryl methyl sites for hydroxylation is 2. The van der Waals surface area contributed by atoms with Crippen molar-refractivity contribution >= 4 is 22.9 Å². The predicted octanol–water partition coefficient (Wildman–Crippen LogP) is 4.02. The third-order valence-electron chi connectivity index (χ3n) is 3.98. The van der Waals surface area contributed by atoms with E-state index < -0.39 is 5.97 Å². The molecule has 0 amide bonds. The highest BCUT2D eigenvalue weighted by Crippen LogP contribution is 2.30. The van der Waals surface area contributed by atoms with E-state index in [-0.39, 0.29) is 0 Å². The molecule has 0 radical (unpaired) electrons. The highest BCUT2D eigenvalue weighted by molar-refractivity contribution is 5.92. The topological polar surface area (TPSA) is 51.5 Å². The molecule has 0 unspecified atom stereocenters. The molecular weight excluding hydrogens is 278 g/mol. The molecule has 2 rings (SSSR count). The van der Waals surface area contributed by atoms with Crippen molar-refractivity contribution in [2.45, 2.75) is 32.6 Å². The minimum atomic E-state index is -0.928. The first kappa shape index (κ1) is 16.1. The molecule has 4 nitrogen and oxygen atoms in total. The van der Waals surface area contributed by atoms with Crippen LogP contribution in [0.1, 0.15) is 37.4 Å². The molecular formula is C18H23NO3. The lowest BCUT2D eigenvalue weighted by Gasteiger charge is -2.03. The Labute approximate surface area is 131 Å². The maximum Gasteiger partial charge on any atom is 0.328 e. The highest BCUT2D eigenvalue weighted by Gasteiger charge is 2.14. The molecule has 4 heteroatoms. The van der Waals surface area contributed by atoms with Crippen LogP contribution >= 0.6 is 0 Å². The zero-order valence-electron chi connectivity index (χ0n) is 13.4. The molecule has 1 N–H and O–H groups in total. The molecule has 0 atom stereocenters. The summed E-state index contributed by atoms with van der Waals surface area (Å²) in [6, 6.07) is 6.01. The van der Waals surface area contributed by atoms with Crippen molar-refractivity contribution < 1.29 is 14.6 Å². The number of methoxy groups -OCH3 is 1. The molecule has 0 aliphatic heterocycles.